The van der Waals surface area contributed by atoms with Gasteiger partial charge >= 0.3 is 0 Å². The van der Waals surface area contributed by atoms with Crippen LogP contribution in [0.15, 0.2) is 29.6 Å². The first kappa shape index (κ1) is 18.1. The molecule has 0 bridgehead atoms. The Bertz CT molecular complexity index is 816. The summed E-state index contributed by atoms with van der Waals surface area (Å²) in [5.74, 6) is -0.511. The number of carbonyl (C=O) groups excluding carboxylic acids is 3. The minimum atomic E-state index is -0.480. The van der Waals surface area contributed by atoms with Crippen LogP contribution in [0.3, 0.4) is 0 Å². The van der Waals surface area contributed by atoms with Crippen LogP contribution in [-0.4, -0.2) is 47.2 Å². The van der Waals surface area contributed by atoms with Crippen LogP contribution in [0, 0.1) is 0 Å². The summed E-state index contributed by atoms with van der Waals surface area (Å²) in [6.45, 7) is 1.99. The minimum absolute atomic E-state index is 0.197. The topological polar surface area (TPSA) is 105 Å². The standard InChI is InChI=1S/C18H20N4O3S/c19-16(24)12-4-6-13(7-5-12)18-21-14(11-26-18)17(25)20-8-2-10-22-9-1-3-15(22)23/h4-7,11H,1-3,8-10H2,(H2,19,24)(H,20,25). The molecule has 1 aliphatic heterocycles. The molecular weight excluding hydrogens is 352 g/mol. The lowest BCUT2D eigenvalue weighted by atomic mass is 10.1. The molecule has 0 unspecified atom stereocenters. The van der Waals surface area contributed by atoms with Crippen molar-refractivity contribution in [2.24, 2.45) is 5.73 Å². The lowest BCUT2D eigenvalue weighted by molar-refractivity contribution is -0.127. The van der Waals surface area contributed by atoms with Gasteiger partial charge in [-0.25, -0.2) is 4.98 Å². The van der Waals surface area contributed by atoms with E-state index in [1.54, 1.807) is 29.6 Å². The maximum Gasteiger partial charge on any atom is 0.270 e. The van der Waals surface area contributed by atoms with E-state index in [0.29, 0.717) is 35.8 Å². The van der Waals surface area contributed by atoms with E-state index in [9.17, 15) is 14.4 Å². The molecule has 3 N–H and O–H groups in total. The fourth-order valence-corrected chi connectivity index (χ4v) is 3.60. The normalized spacial score (nSPS) is 13.8. The van der Waals surface area contributed by atoms with Crippen molar-refractivity contribution in [1.82, 2.24) is 15.2 Å². The predicted octanol–water partition coefficient (Wildman–Crippen LogP) is 1.65. The largest absolute Gasteiger partial charge is 0.366 e. The third-order valence-corrected chi connectivity index (χ3v) is 5.11. The average Bonchev–Trinajstić information content (AvgIpc) is 3.28. The van der Waals surface area contributed by atoms with Crippen LogP contribution < -0.4 is 11.1 Å². The van der Waals surface area contributed by atoms with E-state index < -0.39 is 5.91 Å². The Morgan fingerprint density at radius 2 is 2.04 bits per heavy atom. The summed E-state index contributed by atoms with van der Waals surface area (Å²) in [5.41, 5.74) is 6.84. The van der Waals surface area contributed by atoms with E-state index in [4.69, 9.17) is 5.73 Å². The molecule has 1 fully saturated rings. The Balaban J connectivity index is 1.51. The number of hydrogen-bond donors (Lipinski definition) is 2. The van der Waals surface area contributed by atoms with Crippen molar-refractivity contribution >= 4 is 29.1 Å². The summed E-state index contributed by atoms with van der Waals surface area (Å²) in [7, 11) is 0. The van der Waals surface area contributed by atoms with E-state index in [2.05, 4.69) is 10.3 Å². The number of thiazole rings is 1. The van der Waals surface area contributed by atoms with Crippen LogP contribution >= 0.6 is 11.3 Å². The summed E-state index contributed by atoms with van der Waals surface area (Å²) in [4.78, 5) is 41.0. The molecule has 3 amide bonds. The van der Waals surface area contributed by atoms with Gasteiger partial charge in [0.25, 0.3) is 5.91 Å². The summed E-state index contributed by atoms with van der Waals surface area (Å²) < 4.78 is 0. The first-order valence-electron chi connectivity index (χ1n) is 8.46. The highest BCUT2D eigenvalue weighted by atomic mass is 32.1. The van der Waals surface area contributed by atoms with Crippen molar-refractivity contribution in [2.75, 3.05) is 19.6 Å². The monoisotopic (exact) mass is 372 g/mol. The average molecular weight is 372 g/mol. The van der Waals surface area contributed by atoms with Gasteiger partial charge in [-0.05, 0) is 25.0 Å². The number of benzene rings is 1. The minimum Gasteiger partial charge on any atom is -0.366 e. The molecule has 2 aromatic rings. The molecule has 0 atom stereocenters. The Morgan fingerprint density at radius 3 is 2.69 bits per heavy atom. The second-order valence-corrected chi connectivity index (χ2v) is 6.93. The van der Waals surface area contributed by atoms with Gasteiger partial charge in [-0.1, -0.05) is 12.1 Å². The molecule has 7 nitrogen and oxygen atoms in total. The summed E-state index contributed by atoms with van der Waals surface area (Å²) in [5, 5.41) is 5.24. The molecule has 1 aromatic carbocycles. The zero-order valence-electron chi connectivity index (χ0n) is 14.2. The molecule has 0 radical (unpaired) electrons. The van der Waals surface area contributed by atoms with Gasteiger partial charge in [-0.3, -0.25) is 14.4 Å². The molecule has 3 rings (SSSR count). The van der Waals surface area contributed by atoms with Crippen molar-refractivity contribution in [3.8, 4) is 10.6 Å². The number of nitrogens with two attached hydrogens (primary N) is 1. The highest BCUT2D eigenvalue weighted by molar-refractivity contribution is 7.13. The fraction of sp³-hybridized carbons (Fsp3) is 0.333. The molecule has 8 heteroatoms. The van der Waals surface area contributed by atoms with Crippen molar-refractivity contribution < 1.29 is 14.4 Å². The van der Waals surface area contributed by atoms with Gasteiger partial charge in [0, 0.05) is 42.6 Å². The maximum atomic E-state index is 12.2. The molecule has 1 aromatic heterocycles. The van der Waals surface area contributed by atoms with E-state index >= 15 is 0 Å². The third-order valence-electron chi connectivity index (χ3n) is 4.21. The molecule has 1 saturated heterocycles. The summed E-state index contributed by atoms with van der Waals surface area (Å²) in [6, 6.07) is 6.79. The Labute approximate surface area is 155 Å². The zero-order valence-corrected chi connectivity index (χ0v) is 15.1. The molecule has 1 aliphatic rings. The molecule has 0 aliphatic carbocycles. The van der Waals surface area contributed by atoms with E-state index in [0.717, 1.165) is 24.9 Å². The highest BCUT2D eigenvalue weighted by Gasteiger charge is 2.19. The molecule has 26 heavy (non-hydrogen) atoms. The number of carbonyl (C=O) groups is 3. The van der Waals surface area contributed by atoms with Crippen LogP contribution in [-0.2, 0) is 4.79 Å². The first-order valence-corrected chi connectivity index (χ1v) is 9.34. The van der Waals surface area contributed by atoms with Gasteiger partial charge in [-0.15, -0.1) is 11.3 Å². The van der Waals surface area contributed by atoms with Gasteiger partial charge < -0.3 is 16.0 Å². The van der Waals surface area contributed by atoms with Crippen LogP contribution in [0.2, 0.25) is 0 Å². The number of likely N-dealkylation sites (tertiary alicyclic amines) is 1. The van der Waals surface area contributed by atoms with Gasteiger partial charge in [0.05, 0.1) is 0 Å². The second kappa shape index (κ2) is 8.09. The smallest absolute Gasteiger partial charge is 0.270 e. The zero-order chi connectivity index (χ0) is 18.5. The highest BCUT2D eigenvalue weighted by Crippen LogP contribution is 2.24. The Kier molecular flexibility index (Phi) is 5.62. The van der Waals surface area contributed by atoms with Gasteiger partial charge in [-0.2, -0.15) is 0 Å². The van der Waals surface area contributed by atoms with Crippen LogP contribution in [0.25, 0.3) is 10.6 Å². The number of aromatic nitrogens is 1. The third kappa shape index (κ3) is 4.26. The van der Waals surface area contributed by atoms with Crippen molar-refractivity contribution in [2.45, 2.75) is 19.3 Å². The van der Waals surface area contributed by atoms with Crippen molar-refractivity contribution in [1.29, 1.82) is 0 Å². The van der Waals surface area contributed by atoms with Gasteiger partial charge in [0.15, 0.2) is 0 Å². The first-order chi connectivity index (χ1) is 12.5. The molecule has 0 saturated carbocycles. The van der Waals surface area contributed by atoms with Crippen LogP contribution in [0.1, 0.15) is 40.1 Å². The molecule has 136 valence electrons. The summed E-state index contributed by atoms with van der Waals surface area (Å²) >= 11 is 1.36. The molecule has 0 spiro atoms. The maximum absolute atomic E-state index is 12.2. The number of hydrogen-bond acceptors (Lipinski definition) is 5. The lowest BCUT2D eigenvalue weighted by Crippen LogP contribution is -2.30. The van der Waals surface area contributed by atoms with Crippen LogP contribution in [0.5, 0.6) is 0 Å². The second-order valence-electron chi connectivity index (χ2n) is 6.07. The van der Waals surface area contributed by atoms with Crippen LogP contribution in [0.4, 0.5) is 0 Å². The number of primary amides is 1. The number of rotatable bonds is 7. The lowest BCUT2D eigenvalue weighted by Gasteiger charge is -2.14. The summed E-state index contributed by atoms with van der Waals surface area (Å²) in [6.07, 6.45) is 2.28. The molecular formula is C18H20N4O3S. The van der Waals surface area contributed by atoms with Gasteiger partial charge in [0.2, 0.25) is 11.8 Å². The van der Waals surface area contributed by atoms with E-state index in [-0.39, 0.29) is 11.8 Å². The fourth-order valence-electron chi connectivity index (χ4n) is 2.79. The quantitative estimate of drug-likeness (QED) is 0.721. The predicted molar refractivity (Wildman–Crippen MR) is 98.8 cm³/mol. The van der Waals surface area contributed by atoms with Gasteiger partial charge in [0.1, 0.15) is 10.7 Å². The number of amides is 3. The van der Waals surface area contributed by atoms with Crippen molar-refractivity contribution in [3.63, 3.8) is 0 Å². The van der Waals surface area contributed by atoms with E-state index in [1.807, 2.05) is 4.90 Å². The Morgan fingerprint density at radius 1 is 1.27 bits per heavy atom. The number of nitrogens with zero attached hydrogens (tertiary/aromatic N) is 2. The Hall–Kier alpha value is -2.74. The number of nitrogens with one attached hydrogen (secondary N) is 1. The van der Waals surface area contributed by atoms with E-state index in [1.165, 1.54) is 11.3 Å². The SMILES string of the molecule is NC(=O)c1ccc(-c2nc(C(=O)NCCCN3CCCC3=O)cs2)cc1. The van der Waals surface area contributed by atoms with Crippen molar-refractivity contribution in [3.05, 3.63) is 40.9 Å². The molecule has 2 heterocycles.